The Morgan fingerprint density at radius 1 is 1.24 bits per heavy atom. The molecule has 0 radical (unpaired) electrons. The minimum absolute atomic E-state index is 0.00391. The molecular formula is C14H21F3N4. The lowest BCUT2D eigenvalue weighted by molar-refractivity contribution is -0.141. The Morgan fingerprint density at radius 3 is 2.38 bits per heavy atom. The average Bonchev–Trinajstić information content (AvgIpc) is 3.17. The highest BCUT2D eigenvalue weighted by molar-refractivity contribution is 5.43. The van der Waals surface area contributed by atoms with Gasteiger partial charge in [-0.2, -0.15) is 18.2 Å². The summed E-state index contributed by atoms with van der Waals surface area (Å²) in [5, 5.41) is 5.78. The molecule has 1 aromatic rings. The number of anilines is 2. The summed E-state index contributed by atoms with van der Waals surface area (Å²) < 4.78 is 38.6. The third-order valence-electron chi connectivity index (χ3n) is 4.09. The normalized spacial score (nSPS) is 16.9. The minimum atomic E-state index is -4.47. The van der Waals surface area contributed by atoms with Crippen LogP contribution in [0.25, 0.3) is 0 Å². The Morgan fingerprint density at radius 2 is 1.90 bits per heavy atom. The van der Waals surface area contributed by atoms with Crippen LogP contribution in [0.15, 0.2) is 6.07 Å². The zero-order chi connectivity index (χ0) is 15.7. The Hall–Kier alpha value is -1.53. The molecule has 0 unspecified atom stereocenters. The van der Waals surface area contributed by atoms with Gasteiger partial charge in [0.15, 0.2) is 5.69 Å². The van der Waals surface area contributed by atoms with Crippen LogP contribution in [-0.2, 0) is 6.18 Å². The van der Waals surface area contributed by atoms with Crippen molar-refractivity contribution in [2.24, 2.45) is 11.3 Å². The molecule has 0 saturated heterocycles. The first kappa shape index (κ1) is 15.9. The van der Waals surface area contributed by atoms with Crippen LogP contribution < -0.4 is 10.6 Å². The van der Waals surface area contributed by atoms with Crippen LogP contribution in [0.4, 0.5) is 24.9 Å². The van der Waals surface area contributed by atoms with E-state index in [-0.39, 0.29) is 17.2 Å². The molecule has 2 rings (SSSR count). The first-order chi connectivity index (χ1) is 9.77. The summed E-state index contributed by atoms with van der Waals surface area (Å²) in [5.74, 6) is 0.728. The number of nitrogens with zero attached hydrogens (tertiary/aromatic N) is 2. The summed E-state index contributed by atoms with van der Waals surface area (Å²) in [4.78, 5) is 7.60. The molecule has 1 saturated carbocycles. The van der Waals surface area contributed by atoms with Crippen LogP contribution in [0, 0.1) is 11.3 Å². The second-order valence-corrected chi connectivity index (χ2v) is 5.86. The summed E-state index contributed by atoms with van der Waals surface area (Å²) in [6.45, 7) is 7.18. The van der Waals surface area contributed by atoms with Crippen molar-refractivity contribution in [3.05, 3.63) is 11.8 Å². The van der Waals surface area contributed by atoms with E-state index in [1.807, 2.05) is 0 Å². The highest BCUT2D eigenvalue weighted by Crippen LogP contribution is 2.51. The SMILES string of the molecule is CCNc1nc(NCC2(C(C)C)CC2)cc(C(F)(F)F)n1. The molecule has 118 valence electrons. The molecule has 0 aliphatic heterocycles. The smallest absolute Gasteiger partial charge is 0.369 e. The van der Waals surface area contributed by atoms with Crippen molar-refractivity contribution < 1.29 is 13.2 Å². The van der Waals surface area contributed by atoms with Gasteiger partial charge in [0.05, 0.1) is 0 Å². The highest BCUT2D eigenvalue weighted by atomic mass is 19.4. The monoisotopic (exact) mass is 302 g/mol. The molecule has 21 heavy (non-hydrogen) atoms. The Kier molecular flexibility index (Phi) is 4.30. The van der Waals surface area contributed by atoms with Crippen molar-refractivity contribution in [1.29, 1.82) is 0 Å². The Bertz CT molecular complexity index is 495. The van der Waals surface area contributed by atoms with E-state index >= 15 is 0 Å². The van der Waals surface area contributed by atoms with Crippen LogP contribution in [0.5, 0.6) is 0 Å². The molecule has 0 spiro atoms. The Labute approximate surface area is 122 Å². The van der Waals surface area contributed by atoms with Gasteiger partial charge in [-0.3, -0.25) is 0 Å². The number of hydrogen-bond donors (Lipinski definition) is 2. The molecule has 1 heterocycles. The maximum Gasteiger partial charge on any atom is 0.433 e. The van der Waals surface area contributed by atoms with Gasteiger partial charge in [-0.1, -0.05) is 13.8 Å². The van der Waals surface area contributed by atoms with Crippen molar-refractivity contribution in [1.82, 2.24) is 9.97 Å². The van der Waals surface area contributed by atoms with E-state index in [2.05, 4.69) is 34.4 Å². The predicted molar refractivity (Wildman–Crippen MR) is 76.2 cm³/mol. The van der Waals surface area contributed by atoms with E-state index in [9.17, 15) is 13.2 Å². The van der Waals surface area contributed by atoms with Gasteiger partial charge in [-0.15, -0.1) is 0 Å². The van der Waals surface area contributed by atoms with E-state index in [1.165, 1.54) is 0 Å². The van der Waals surface area contributed by atoms with Crippen molar-refractivity contribution in [3.8, 4) is 0 Å². The molecule has 0 aromatic carbocycles. The first-order valence-electron chi connectivity index (χ1n) is 7.21. The third-order valence-corrected chi connectivity index (χ3v) is 4.09. The van der Waals surface area contributed by atoms with E-state index in [0.717, 1.165) is 18.9 Å². The molecule has 2 N–H and O–H groups in total. The lowest BCUT2D eigenvalue weighted by Gasteiger charge is -2.21. The largest absolute Gasteiger partial charge is 0.433 e. The molecule has 0 amide bonds. The predicted octanol–water partition coefficient (Wildman–Crippen LogP) is 3.78. The van der Waals surface area contributed by atoms with Crippen molar-refractivity contribution >= 4 is 11.8 Å². The van der Waals surface area contributed by atoms with Crippen molar-refractivity contribution in [3.63, 3.8) is 0 Å². The molecule has 1 aliphatic carbocycles. The summed E-state index contributed by atoms with van der Waals surface area (Å²) in [6.07, 6.45) is -2.26. The number of hydrogen-bond acceptors (Lipinski definition) is 4. The number of halogens is 3. The fourth-order valence-corrected chi connectivity index (χ4v) is 2.31. The van der Waals surface area contributed by atoms with E-state index in [4.69, 9.17) is 0 Å². The molecule has 0 bridgehead atoms. The second kappa shape index (κ2) is 5.69. The van der Waals surface area contributed by atoms with Gasteiger partial charge >= 0.3 is 6.18 Å². The van der Waals surface area contributed by atoms with E-state index < -0.39 is 11.9 Å². The van der Waals surface area contributed by atoms with Crippen molar-refractivity contribution in [2.45, 2.75) is 39.8 Å². The minimum Gasteiger partial charge on any atom is -0.369 e. The van der Waals surface area contributed by atoms with Gasteiger partial charge < -0.3 is 10.6 Å². The molecule has 1 aromatic heterocycles. The van der Waals surface area contributed by atoms with E-state index in [0.29, 0.717) is 19.0 Å². The molecule has 1 fully saturated rings. The molecule has 4 nitrogen and oxygen atoms in total. The lowest BCUT2D eigenvalue weighted by Crippen LogP contribution is -2.22. The number of alkyl halides is 3. The fourth-order valence-electron chi connectivity index (χ4n) is 2.31. The summed E-state index contributed by atoms with van der Waals surface area (Å²) in [6, 6.07) is 0.969. The maximum absolute atomic E-state index is 12.9. The second-order valence-electron chi connectivity index (χ2n) is 5.86. The number of rotatable bonds is 6. The Balaban J connectivity index is 2.16. The van der Waals surface area contributed by atoms with Gasteiger partial charge in [0, 0.05) is 19.2 Å². The van der Waals surface area contributed by atoms with Crippen LogP contribution >= 0.6 is 0 Å². The van der Waals surface area contributed by atoms with E-state index in [1.54, 1.807) is 6.92 Å². The zero-order valence-electron chi connectivity index (χ0n) is 12.5. The highest BCUT2D eigenvalue weighted by Gasteiger charge is 2.45. The van der Waals surface area contributed by atoms with Crippen LogP contribution in [-0.4, -0.2) is 23.1 Å². The average molecular weight is 302 g/mol. The molecule has 1 aliphatic rings. The van der Waals surface area contributed by atoms with Crippen LogP contribution in [0.1, 0.15) is 39.3 Å². The topological polar surface area (TPSA) is 49.8 Å². The molecule has 0 atom stereocenters. The van der Waals surface area contributed by atoms with Crippen LogP contribution in [0.3, 0.4) is 0 Å². The third kappa shape index (κ3) is 3.77. The number of nitrogens with one attached hydrogen (secondary N) is 2. The fraction of sp³-hybridized carbons (Fsp3) is 0.714. The zero-order valence-corrected chi connectivity index (χ0v) is 12.5. The van der Waals surface area contributed by atoms with Gasteiger partial charge in [-0.25, -0.2) is 4.98 Å². The lowest BCUT2D eigenvalue weighted by atomic mass is 9.92. The summed E-state index contributed by atoms with van der Waals surface area (Å²) >= 11 is 0. The summed E-state index contributed by atoms with van der Waals surface area (Å²) in [7, 11) is 0. The van der Waals surface area contributed by atoms with Gasteiger partial charge in [0.2, 0.25) is 5.95 Å². The standard InChI is InChI=1S/C14H21F3N4/c1-4-18-12-20-10(14(15,16)17)7-11(21-12)19-8-13(5-6-13)9(2)3/h7,9H,4-6,8H2,1-3H3,(H2,18,19,20,21). The van der Waals surface area contributed by atoms with Crippen molar-refractivity contribution in [2.75, 3.05) is 23.7 Å². The first-order valence-corrected chi connectivity index (χ1v) is 7.21. The van der Waals surface area contributed by atoms with Crippen LogP contribution in [0.2, 0.25) is 0 Å². The van der Waals surface area contributed by atoms with Gasteiger partial charge in [-0.05, 0) is 31.1 Å². The molecular weight excluding hydrogens is 281 g/mol. The quantitative estimate of drug-likeness (QED) is 0.839. The summed E-state index contributed by atoms with van der Waals surface area (Å²) in [5.41, 5.74) is -0.729. The molecule has 7 heteroatoms. The van der Waals surface area contributed by atoms with Gasteiger partial charge in [0.1, 0.15) is 5.82 Å². The maximum atomic E-state index is 12.9. The number of aromatic nitrogens is 2. The van der Waals surface area contributed by atoms with Gasteiger partial charge in [0.25, 0.3) is 0 Å².